The normalized spacial score (nSPS) is 14.5. The van der Waals surface area contributed by atoms with Crippen LogP contribution < -0.4 is 5.73 Å². The maximum absolute atomic E-state index is 12.7. The molecule has 0 aliphatic carbocycles. The number of hydrogen-bond donors (Lipinski definition) is 3. The Balaban J connectivity index is 4.24. The summed E-state index contributed by atoms with van der Waals surface area (Å²) >= 11 is 0. The largest absolute Gasteiger partial charge is 0.480 e. The van der Waals surface area contributed by atoms with Crippen molar-refractivity contribution < 1.29 is 42.7 Å². The van der Waals surface area contributed by atoms with Gasteiger partial charge in [-0.05, 0) is 89.9 Å². The molecule has 11 heteroatoms. The number of ether oxygens (including phenoxy) is 2. The fourth-order valence-corrected chi connectivity index (χ4v) is 6.97. The van der Waals surface area contributed by atoms with Crippen molar-refractivity contribution in [3.05, 3.63) is 85.1 Å². The van der Waals surface area contributed by atoms with E-state index in [4.69, 9.17) is 29.4 Å². The zero-order valence-electron chi connectivity index (χ0n) is 38.9. The molecule has 0 aliphatic rings. The molecule has 0 bridgehead atoms. The van der Waals surface area contributed by atoms with E-state index in [9.17, 15) is 19.0 Å². The van der Waals surface area contributed by atoms with Crippen molar-refractivity contribution in [1.29, 1.82) is 0 Å². The van der Waals surface area contributed by atoms with Gasteiger partial charge in [-0.3, -0.25) is 18.6 Å². The third-order valence-electron chi connectivity index (χ3n) is 9.91. The number of nitrogens with two attached hydrogens (primary N) is 1. The van der Waals surface area contributed by atoms with Crippen LogP contribution in [-0.2, 0) is 32.7 Å². The summed E-state index contributed by atoms with van der Waals surface area (Å²) in [6, 6.07) is -1.48. The first-order valence-electron chi connectivity index (χ1n) is 24.1. The smallest absolute Gasteiger partial charge is 0.472 e. The van der Waals surface area contributed by atoms with Crippen LogP contribution in [0.1, 0.15) is 187 Å². The molecule has 0 fully saturated rings. The highest BCUT2D eigenvalue weighted by Gasteiger charge is 2.27. The molecule has 0 aromatic heterocycles. The van der Waals surface area contributed by atoms with Crippen LogP contribution in [0.5, 0.6) is 0 Å². The van der Waals surface area contributed by atoms with E-state index in [1.807, 2.05) is 0 Å². The van der Waals surface area contributed by atoms with E-state index < -0.39 is 45.1 Å². The molecule has 4 N–H and O–H groups in total. The van der Waals surface area contributed by atoms with E-state index in [0.29, 0.717) is 13.0 Å². The number of esters is 1. The van der Waals surface area contributed by atoms with Crippen molar-refractivity contribution in [2.75, 3.05) is 26.4 Å². The molecule has 0 heterocycles. The summed E-state index contributed by atoms with van der Waals surface area (Å²) in [6.45, 7) is 3.71. The second kappa shape index (κ2) is 46.2. The monoisotopic (exact) mass is 890 g/mol. The number of aliphatic carboxylic acids is 1. The average Bonchev–Trinajstić information content (AvgIpc) is 3.25. The molecule has 0 aromatic rings. The van der Waals surface area contributed by atoms with Crippen molar-refractivity contribution in [3.8, 4) is 0 Å². The highest BCUT2D eigenvalue weighted by Crippen LogP contribution is 2.43. The lowest BCUT2D eigenvalue weighted by atomic mass is 10.1. The van der Waals surface area contributed by atoms with Crippen molar-refractivity contribution >= 4 is 19.8 Å². The van der Waals surface area contributed by atoms with Crippen LogP contribution in [0.15, 0.2) is 85.1 Å². The van der Waals surface area contributed by atoms with E-state index in [1.165, 1.54) is 70.6 Å². The number of carboxylic acids is 1. The quantitative estimate of drug-likeness (QED) is 0.0233. The van der Waals surface area contributed by atoms with Gasteiger partial charge < -0.3 is 25.2 Å². The van der Waals surface area contributed by atoms with Crippen LogP contribution >= 0.6 is 7.82 Å². The third kappa shape index (κ3) is 45.2. The molecule has 0 amide bonds. The first-order valence-corrected chi connectivity index (χ1v) is 25.6. The molecule has 10 nitrogen and oxygen atoms in total. The van der Waals surface area contributed by atoms with Gasteiger partial charge in [0.1, 0.15) is 12.1 Å². The minimum absolute atomic E-state index is 0.000379. The summed E-state index contributed by atoms with van der Waals surface area (Å²) in [6.07, 6.45) is 59.1. The molecular weight excluding hydrogens is 802 g/mol. The number of rotatable bonds is 45. The maximum atomic E-state index is 12.7. The Hall–Kier alpha value is -2.85. The molecule has 0 rings (SSSR count). The standard InChI is InChI=1S/C51H88NO9P/c1-3-5-7-9-11-13-15-17-19-21-22-23-24-25-26-27-29-31-33-35-37-39-41-43-50(53)61-48(46-59-62(56,57)60-47-49(52)51(54)55)45-58-44-42-40-38-36-34-32-30-28-20-18-16-14-12-10-8-6-4-2/h5,7,11,13-14,16-17,19-20,22-23,25-26,28,48-49H,3-4,6,8-10,12,15,18,21,24,27,29-47,52H2,1-2H3,(H,54,55)(H,56,57)/b7-5-,13-11-,16-14-,19-17-,23-22-,26-25-,28-20-. The Kier molecular flexibility index (Phi) is 44.0. The lowest BCUT2D eigenvalue weighted by Crippen LogP contribution is -2.34. The molecule has 62 heavy (non-hydrogen) atoms. The first-order chi connectivity index (χ1) is 30.2. The number of carbonyl (C=O) groups excluding carboxylic acids is 1. The van der Waals surface area contributed by atoms with Crippen molar-refractivity contribution in [3.63, 3.8) is 0 Å². The van der Waals surface area contributed by atoms with Crippen molar-refractivity contribution in [2.24, 2.45) is 5.73 Å². The minimum Gasteiger partial charge on any atom is -0.480 e. The number of phosphoric ester groups is 1. The number of hydrogen-bond acceptors (Lipinski definition) is 8. The second-order valence-corrected chi connectivity index (χ2v) is 17.3. The van der Waals surface area contributed by atoms with Crippen LogP contribution in [0.3, 0.4) is 0 Å². The van der Waals surface area contributed by atoms with Crippen LogP contribution in [0.2, 0.25) is 0 Å². The fourth-order valence-electron chi connectivity index (χ4n) is 6.19. The van der Waals surface area contributed by atoms with Crippen LogP contribution in [-0.4, -0.2) is 60.5 Å². The fraction of sp³-hybridized carbons (Fsp3) is 0.686. The maximum Gasteiger partial charge on any atom is 0.472 e. The van der Waals surface area contributed by atoms with Crippen molar-refractivity contribution in [1.82, 2.24) is 0 Å². The molecule has 0 aromatic carbocycles. The number of phosphoric acid groups is 1. The van der Waals surface area contributed by atoms with E-state index in [2.05, 4.69) is 98.9 Å². The molecule has 3 unspecified atom stereocenters. The minimum atomic E-state index is -4.63. The van der Waals surface area contributed by atoms with E-state index in [1.54, 1.807) is 0 Å². The molecule has 0 radical (unpaired) electrons. The Morgan fingerprint density at radius 3 is 1.40 bits per heavy atom. The second-order valence-electron chi connectivity index (χ2n) is 15.9. The van der Waals surface area contributed by atoms with Crippen LogP contribution in [0, 0.1) is 0 Å². The van der Waals surface area contributed by atoms with Crippen LogP contribution in [0.25, 0.3) is 0 Å². The van der Waals surface area contributed by atoms with Gasteiger partial charge in [-0.25, -0.2) is 4.57 Å². The number of unbranched alkanes of at least 4 members (excludes halogenated alkanes) is 17. The van der Waals surface area contributed by atoms with Gasteiger partial charge >= 0.3 is 19.8 Å². The number of carboxylic acid groups (broad SMARTS) is 1. The molecular formula is C51H88NO9P. The van der Waals surface area contributed by atoms with Gasteiger partial charge in [-0.15, -0.1) is 0 Å². The Bertz CT molecular complexity index is 1310. The summed E-state index contributed by atoms with van der Waals surface area (Å²) in [5.41, 5.74) is 5.37. The van der Waals surface area contributed by atoms with Crippen molar-refractivity contribution in [2.45, 2.75) is 199 Å². The van der Waals surface area contributed by atoms with Gasteiger partial charge in [0.15, 0.2) is 0 Å². The van der Waals surface area contributed by atoms with E-state index in [0.717, 1.165) is 89.9 Å². The van der Waals surface area contributed by atoms with Gasteiger partial charge in [0.25, 0.3) is 0 Å². The van der Waals surface area contributed by atoms with E-state index >= 15 is 0 Å². The lowest BCUT2D eigenvalue weighted by molar-refractivity contribution is -0.154. The van der Waals surface area contributed by atoms with Gasteiger partial charge in [0.2, 0.25) is 0 Å². The Labute approximate surface area is 377 Å². The molecule has 0 aliphatic heterocycles. The van der Waals surface area contributed by atoms with Gasteiger partial charge in [0, 0.05) is 13.0 Å². The zero-order chi connectivity index (χ0) is 45.5. The molecule has 356 valence electrons. The average molecular weight is 890 g/mol. The summed E-state index contributed by atoms with van der Waals surface area (Å²) in [5, 5.41) is 8.92. The Morgan fingerprint density at radius 1 is 0.532 bits per heavy atom. The predicted molar refractivity (Wildman–Crippen MR) is 258 cm³/mol. The zero-order valence-corrected chi connectivity index (χ0v) is 39.8. The topological polar surface area (TPSA) is 155 Å². The number of carbonyl (C=O) groups is 2. The summed E-state index contributed by atoms with van der Waals surface area (Å²) in [7, 11) is -4.63. The van der Waals surface area contributed by atoms with Crippen LogP contribution in [0.4, 0.5) is 0 Å². The highest BCUT2D eigenvalue weighted by molar-refractivity contribution is 7.47. The Morgan fingerprint density at radius 2 is 0.935 bits per heavy atom. The molecule has 0 saturated heterocycles. The van der Waals surface area contributed by atoms with E-state index in [-0.39, 0.29) is 13.0 Å². The molecule has 0 spiro atoms. The van der Waals surface area contributed by atoms with Gasteiger partial charge in [-0.1, -0.05) is 176 Å². The van der Waals surface area contributed by atoms with Gasteiger partial charge in [0.05, 0.1) is 19.8 Å². The SMILES string of the molecule is CC/C=C\C/C=C\C/C=C\C/C=C\C/C=C\CCCCCCCCCC(=O)OC(COCCCCCCCC/C=C\C/C=C\CCCCCC)COP(=O)(O)OCC(N)C(=O)O. The first kappa shape index (κ1) is 59.1. The summed E-state index contributed by atoms with van der Waals surface area (Å²) < 4.78 is 33.4. The molecule has 0 saturated carbocycles. The summed E-state index contributed by atoms with van der Waals surface area (Å²) in [5.74, 6) is -1.80. The van der Waals surface area contributed by atoms with Gasteiger partial charge in [-0.2, -0.15) is 0 Å². The predicted octanol–water partition coefficient (Wildman–Crippen LogP) is 13.9. The molecule has 3 atom stereocenters. The number of allylic oxidation sites excluding steroid dienone is 14. The highest BCUT2D eigenvalue weighted by atomic mass is 31.2. The lowest BCUT2D eigenvalue weighted by Gasteiger charge is -2.20. The summed E-state index contributed by atoms with van der Waals surface area (Å²) in [4.78, 5) is 33.6. The third-order valence-corrected chi connectivity index (χ3v) is 10.9.